The van der Waals surface area contributed by atoms with Crippen LogP contribution >= 0.6 is 0 Å². The second kappa shape index (κ2) is 22.8. The number of aryl methyl sites for hydroxylation is 1. The largest absolute Gasteiger partial charge is 0.464 e. The van der Waals surface area contributed by atoms with Gasteiger partial charge in [0.05, 0.1) is 24.1 Å². The number of hydrogen-bond donors (Lipinski definition) is 2. The third-order valence-corrected chi connectivity index (χ3v) is 15.8. The Kier molecular flexibility index (Phi) is 16.7. The second-order valence-electron chi connectivity index (χ2n) is 22.6. The minimum atomic E-state index is -1.04. The molecule has 4 aliphatic rings. The number of nitrogens with zero attached hydrogens (tertiary/aromatic N) is 7. The molecular weight excluding hydrogens is 935 g/mol. The predicted octanol–water partition coefficient (Wildman–Crippen LogP) is 7.25. The van der Waals surface area contributed by atoms with Crippen molar-refractivity contribution in [1.82, 2.24) is 44.9 Å². The molecule has 5 amide bonds. The summed E-state index contributed by atoms with van der Waals surface area (Å²) < 4.78 is 14.4. The van der Waals surface area contributed by atoms with Gasteiger partial charge in [-0.15, -0.1) is 0 Å². The third-order valence-electron chi connectivity index (χ3n) is 15.8. The first kappa shape index (κ1) is 54.2. The first-order valence-corrected chi connectivity index (χ1v) is 26.7. The molecule has 0 saturated carbocycles. The van der Waals surface area contributed by atoms with Gasteiger partial charge in [0.15, 0.2) is 0 Å². The van der Waals surface area contributed by atoms with Gasteiger partial charge in [0.25, 0.3) is 5.91 Å². The molecule has 16 heteroatoms. The first-order chi connectivity index (χ1) is 35.3. The van der Waals surface area contributed by atoms with Crippen LogP contribution in [0.3, 0.4) is 0 Å². The monoisotopic (exact) mass is 1010 g/mol. The Morgan fingerprint density at radius 2 is 1.69 bits per heavy atom. The molecule has 3 saturated heterocycles. The van der Waals surface area contributed by atoms with Crippen LogP contribution in [0.1, 0.15) is 96.6 Å². The van der Waals surface area contributed by atoms with Crippen molar-refractivity contribution in [3.05, 3.63) is 89.8 Å². The van der Waals surface area contributed by atoms with Crippen LogP contribution in [0.25, 0.3) is 33.3 Å². The van der Waals surface area contributed by atoms with E-state index in [1.165, 1.54) is 9.91 Å². The van der Waals surface area contributed by atoms with E-state index in [2.05, 4.69) is 72.5 Å². The number of fused-ring (bicyclic) bond motifs is 6. The molecule has 8 rings (SSSR count). The summed E-state index contributed by atoms with van der Waals surface area (Å²) >= 11 is 0. The Morgan fingerprint density at radius 1 is 0.959 bits per heavy atom. The van der Waals surface area contributed by atoms with Crippen molar-refractivity contribution in [3.8, 4) is 22.4 Å². The molecule has 16 nitrogen and oxygen atoms in total. The van der Waals surface area contributed by atoms with Crippen molar-refractivity contribution in [3.63, 3.8) is 0 Å². The Bertz CT molecular complexity index is 2740. The molecule has 0 radical (unpaired) electrons. The fraction of sp³-hybridized carbons (Fsp3) is 0.552. The van der Waals surface area contributed by atoms with E-state index in [0.717, 1.165) is 69.4 Å². The summed E-state index contributed by atoms with van der Waals surface area (Å²) in [5.41, 5.74) is 10.5. The molecule has 74 heavy (non-hydrogen) atoms. The number of amides is 5. The smallest absolute Gasteiger partial charge is 0.324 e. The van der Waals surface area contributed by atoms with Crippen LogP contribution in [0, 0.1) is 16.7 Å². The SMILES string of the molecule is CCn1c(-c2cccnc2[C@H](C)OC)c2c3cc(ccc31)-c1cccc(c1)C[C@H](NC(=O)[C@H](C(C)C)N(C)C(=O)N1CCC3(CCN(C(=O)/C=C/CN(C)C)C3)CC1)C(=O)N1CCC[C@H](N1)C(=O)OCC(C)(C)C2. The zero-order chi connectivity index (χ0) is 53.1. The van der Waals surface area contributed by atoms with Crippen LogP contribution in [0.15, 0.2) is 72.9 Å². The molecule has 0 aliphatic carbocycles. The van der Waals surface area contributed by atoms with Gasteiger partial charge in [-0.1, -0.05) is 64.1 Å². The lowest BCUT2D eigenvalue weighted by atomic mass is 9.78. The minimum Gasteiger partial charge on any atom is -0.464 e. The topological polar surface area (TPSA) is 162 Å². The molecule has 4 atom stereocenters. The maximum atomic E-state index is 14.9. The third kappa shape index (κ3) is 11.7. The zero-order valence-corrected chi connectivity index (χ0v) is 45.4. The Morgan fingerprint density at radius 3 is 2.39 bits per heavy atom. The Balaban J connectivity index is 1.08. The van der Waals surface area contributed by atoms with E-state index >= 15 is 0 Å². The molecule has 4 aliphatic heterocycles. The molecule has 0 unspecified atom stereocenters. The number of rotatable bonds is 11. The molecule has 4 aromatic rings. The summed E-state index contributed by atoms with van der Waals surface area (Å²) in [5, 5.41) is 5.67. The van der Waals surface area contributed by atoms with Crippen LogP contribution in [-0.4, -0.2) is 156 Å². The number of carbonyl (C=O) groups is 5. The molecule has 3 fully saturated rings. The van der Waals surface area contributed by atoms with Crippen LogP contribution < -0.4 is 10.7 Å². The number of cyclic esters (lactones) is 1. The summed E-state index contributed by atoms with van der Waals surface area (Å²) in [5.74, 6) is -1.52. The highest BCUT2D eigenvalue weighted by Gasteiger charge is 2.44. The lowest BCUT2D eigenvalue weighted by Crippen LogP contribution is -2.62. The fourth-order valence-electron chi connectivity index (χ4n) is 11.7. The van der Waals surface area contributed by atoms with Gasteiger partial charge in [0.1, 0.15) is 18.1 Å². The van der Waals surface area contributed by atoms with Gasteiger partial charge in [-0.2, -0.15) is 0 Å². The van der Waals surface area contributed by atoms with Crippen LogP contribution in [0.5, 0.6) is 0 Å². The minimum absolute atomic E-state index is 0.0253. The number of hydrogen-bond acceptors (Lipinski definition) is 10. The molecule has 398 valence electrons. The summed E-state index contributed by atoms with van der Waals surface area (Å²) in [6.45, 7) is 16.5. The van der Waals surface area contributed by atoms with Crippen molar-refractivity contribution >= 4 is 40.6 Å². The number of carbonyl (C=O) groups excluding carboxylic acids is 5. The van der Waals surface area contributed by atoms with Crippen LogP contribution in [0.2, 0.25) is 0 Å². The van der Waals surface area contributed by atoms with Crippen molar-refractivity contribution in [2.24, 2.45) is 16.7 Å². The Hall–Kier alpha value is -6.10. The number of pyridine rings is 1. The van der Waals surface area contributed by atoms with Gasteiger partial charge in [0, 0.05) is 101 Å². The van der Waals surface area contributed by atoms with E-state index in [4.69, 9.17) is 14.5 Å². The summed E-state index contributed by atoms with van der Waals surface area (Å²) in [4.78, 5) is 83.1. The van der Waals surface area contributed by atoms with Gasteiger partial charge < -0.3 is 39.0 Å². The number of hydrazine groups is 1. The van der Waals surface area contributed by atoms with Crippen LogP contribution in [-0.2, 0) is 48.0 Å². The lowest BCUT2D eigenvalue weighted by molar-refractivity contribution is -0.155. The summed E-state index contributed by atoms with van der Waals surface area (Å²) in [6.07, 6.45) is 9.32. The normalized spacial score (nSPS) is 21.1. The quantitative estimate of drug-likeness (QED) is 0.116. The summed E-state index contributed by atoms with van der Waals surface area (Å²) in [7, 11) is 7.30. The first-order valence-electron chi connectivity index (χ1n) is 26.7. The highest BCUT2D eigenvalue weighted by Crippen LogP contribution is 2.43. The number of aromatic nitrogens is 2. The van der Waals surface area contributed by atoms with E-state index in [-0.39, 0.29) is 48.3 Å². The van der Waals surface area contributed by atoms with Crippen molar-refractivity contribution in [2.75, 3.05) is 74.1 Å². The van der Waals surface area contributed by atoms with E-state index in [1.54, 1.807) is 26.4 Å². The average molecular weight is 1010 g/mol. The highest BCUT2D eigenvalue weighted by molar-refractivity contribution is 5.96. The van der Waals surface area contributed by atoms with Crippen molar-refractivity contribution in [2.45, 2.75) is 117 Å². The number of methoxy groups -OCH3 is 1. The zero-order valence-electron chi connectivity index (χ0n) is 45.4. The van der Waals surface area contributed by atoms with E-state index in [1.807, 2.05) is 73.8 Å². The standard InChI is InChI=1S/C58H79N9O7/c1-11-66-48-22-21-42-34-44(48)45(52(66)43-18-13-26-59-50(43)39(4)73-10)35-57(5,6)37-74-55(71)46-19-14-28-67(61-46)54(70)47(33-40-16-12-17-41(42)32-40)60-53(69)51(38(2)3)63(9)56(72)64-29-23-58(24-30-64)25-31-65(36-58)49(68)20-15-27-62(7)8/h12-13,15-18,20-22,26,32,34,38-39,46-47,51,61H,11,14,19,23-25,27-31,33,35-37H2,1-10H3,(H,60,69)/b20-15+/t39-,46-,47-,51-/m0/s1. The number of likely N-dealkylation sites (N-methyl/N-ethyl adjacent to an activating group) is 2. The van der Waals surface area contributed by atoms with Gasteiger partial charge in [-0.3, -0.25) is 29.2 Å². The van der Waals surface area contributed by atoms with Crippen molar-refractivity contribution in [1.29, 1.82) is 0 Å². The van der Waals surface area contributed by atoms with E-state index in [0.29, 0.717) is 65.1 Å². The van der Waals surface area contributed by atoms with Gasteiger partial charge in [-0.05, 0) is 124 Å². The summed E-state index contributed by atoms with van der Waals surface area (Å²) in [6, 6.07) is 15.8. The number of likely N-dealkylation sites (tertiary alicyclic amines) is 2. The highest BCUT2D eigenvalue weighted by atomic mass is 16.5. The fourth-order valence-corrected chi connectivity index (χ4v) is 11.7. The molecule has 6 bridgehead atoms. The molecule has 2 aromatic carbocycles. The number of esters is 1. The predicted molar refractivity (Wildman–Crippen MR) is 288 cm³/mol. The number of urea groups is 1. The Labute approximate surface area is 437 Å². The maximum Gasteiger partial charge on any atom is 0.324 e. The number of piperidine rings is 1. The average Bonchev–Trinajstić information content (AvgIpc) is 3.94. The number of benzene rings is 2. The van der Waals surface area contributed by atoms with E-state index < -0.39 is 35.4 Å². The van der Waals surface area contributed by atoms with Gasteiger partial charge in [0.2, 0.25) is 11.8 Å². The molecule has 2 N–H and O–H groups in total. The number of nitrogens with one attached hydrogen (secondary N) is 2. The number of ether oxygens (including phenoxy) is 2. The molecule has 1 spiro atoms. The second-order valence-corrected chi connectivity index (χ2v) is 22.6. The van der Waals surface area contributed by atoms with Gasteiger partial charge in [-0.25, -0.2) is 10.2 Å². The lowest BCUT2D eigenvalue weighted by Gasteiger charge is -2.42. The molecule has 2 aromatic heterocycles. The van der Waals surface area contributed by atoms with E-state index in [9.17, 15) is 24.0 Å². The molecular formula is C58H79N9O7. The van der Waals surface area contributed by atoms with Crippen molar-refractivity contribution < 1.29 is 33.4 Å². The maximum absolute atomic E-state index is 14.9. The van der Waals surface area contributed by atoms with Crippen LogP contribution in [0.4, 0.5) is 4.79 Å². The van der Waals surface area contributed by atoms with Gasteiger partial charge >= 0.3 is 12.0 Å². The molecule has 6 heterocycles.